The first-order valence-corrected chi connectivity index (χ1v) is 6.80. The maximum Gasteiger partial charge on any atom is 0.250 e. The molecule has 0 bridgehead atoms. The molecule has 0 aliphatic carbocycles. The Bertz CT molecular complexity index is 486. The maximum absolute atomic E-state index is 12.4. The van der Waals surface area contributed by atoms with Gasteiger partial charge in [0.25, 0.3) is 5.91 Å². The van der Waals surface area contributed by atoms with Crippen LogP contribution >= 0.6 is 0 Å². The van der Waals surface area contributed by atoms with Crippen molar-refractivity contribution in [1.82, 2.24) is 15.1 Å². The molecule has 1 aromatic heterocycles. The first-order chi connectivity index (χ1) is 9.61. The van der Waals surface area contributed by atoms with Gasteiger partial charge in [-0.1, -0.05) is 0 Å². The number of aromatic nitrogens is 2. The van der Waals surface area contributed by atoms with E-state index in [1.807, 2.05) is 6.92 Å². The van der Waals surface area contributed by atoms with E-state index in [0.717, 1.165) is 6.42 Å². The molecule has 2 rings (SSSR count). The van der Waals surface area contributed by atoms with Crippen LogP contribution in [-0.4, -0.2) is 47.4 Å². The number of hydrogen-bond acceptors (Lipinski definition) is 4. The molecular weight excluding hydrogens is 260 g/mol. The number of rotatable bonds is 5. The van der Waals surface area contributed by atoms with E-state index in [-0.39, 0.29) is 18.4 Å². The van der Waals surface area contributed by atoms with E-state index < -0.39 is 6.04 Å². The molecule has 0 saturated carbocycles. The third kappa shape index (κ3) is 3.36. The fourth-order valence-electron chi connectivity index (χ4n) is 2.21. The average molecular weight is 280 g/mol. The number of nitrogens with zero attached hydrogens (tertiary/aromatic N) is 3. The average Bonchev–Trinajstić information content (AvgIpc) is 2.85. The molecule has 7 nitrogen and oxygen atoms in total. The normalized spacial score (nSPS) is 19.2. The smallest absolute Gasteiger partial charge is 0.250 e. The van der Waals surface area contributed by atoms with Crippen molar-refractivity contribution < 1.29 is 14.3 Å². The Balaban J connectivity index is 1.98. The summed E-state index contributed by atoms with van der Waals surface area (Å²) in [7, 11) is 1.80. The Hall–Kier alpha value is -1.89. The maximum atomic E-state index is 12.4. The summed E-state index contributed by atoms with van der Waals surface area (Å²) < 4.78 is 6.69. The van der Waals surface area contributed by atoms with Crippen LogP contribution in [0.2, 0.25) is 0 Å². The van der Waals surface area contributed by atoms with E-state index in [2.05, 4.69) is 10.4 Å². The van der Waals surface area contributed by atoms with Gasteiger partial charge in [-0.05, 0) is 19.8 Å². The second-order valence-corrected chi connectivity index (χ2v) is 4.74. The second-order valence-electron chi connectivity index (χ2n) is 4.74. The lowest BCUT2D eigenvalue weighted by Gasteiger charge is -2.31. The Morgan fingerprint density at radius 3 is 3.05 bits per heavy atom. The van der Waals surface area contributed by atoms with Crippen LogP contribution in [-0.2, 0) is 21.4 Å². The van der Waals surface area contributed by atoms with Gasteiger partial charge in [-0.25, -0.2) is 0 Å². The quantitative estimate of drug-likeness (QED) is 0.828. The predicted molar refractivity (Wildman–Crippen MR) is 73.2 cm³/mol. The van der Waals surface area contributed by atoms with Crippen LogP contribution in [0.25, 0.3) is 0 Å². The lowest BCUT2D eigenvalue weighted by atomic mass is 10.0. The topological polar surface area (TPSA) is 76.5 Å². The summed E-state index contributed by atoms with van der Waals surface area (Å²) in [5.41, 5.74) is 0. The molecule has 0 aromatic carbocycles. The van der Waals surface area contributed by atoms with Crippen molar-refractivity contribution in [3.63, 3.8) is 0 Å². The summed E-state index contributed by atoms with van der Waals surface area (Å²) in [6.45, 7) is 2.92. The zero-order valence-electron chi connectivity index (χ0n) is 11.8. The van der Waals surface area contributed by atoms with Crippen molar-refractivity contribution in [2.24, 2.45) is 7.05 Å². The predicted octanol–water partition coefficient (Wildman–Crippen LogP) is 0.0682. The van der Waals surface area contributed by atoms with E-state index in [4.69, 9.17) is 4.74 Å². The summed E-state index contributed by atoms with van der Waals surface area (Å²) in [5.74, 6) is 0.258. The van der Waals surface area contributed by atoms with Crippen LogP contribution in [0.4, 0.5) is 5.82 Å². The van der Waals surface area contributed by atoms with Crippen molar-refractivity contribution in [3.05, 3.63) is 12.3 Å². The zero-order chi connectivity index (χ0) is 14.5. The highest BCUT2D eigenvalue weighted by Gasteiger charge is 2.31. The van der Waals surface area contributed by atoms with Crippen molar-refractivity contribution >= 4 is 17.6 Å². The van der Waals surface area contributed by atoms with Gasteiger partial charge in [-0.3, -0.25) is 19.2 Å². The highest BCUT2D eigenvalue weighted by Crippen LogP contribution is 2.18. The molecule has 0 radical (unpaired) electrons. The number of piperidine rings is 1. The fourth-order valence-corrected chi connectivity index (χ4v) is 2.21. The third-order valence-electron chi connectivity index (χ3n) is 3.19. The van der Waals surface area contributed by atoms with Crippen molar-refractivity contribution in [3.8, 4) is 0 Å². The Morgan fingerprint density at radius 2 is 2.40 bits per heavy atom. The molecule has 7 heteroatoms. The minimum absolute atomic E-state index is 0.0101. The van der Waals surface area contributed by atoms with Crippen molar-refractivity contribution in [2.75, 3.05) is 24.7 Å². The largest absolute Gasteiger partial charge is 0.372 e. The lowest BCUT2D eigenvalue weighted by molar-refractivity contribution is -0.131. The molecule has 1 atom stereocenters. The number of ether oxygens (including phenoxy) is 1. The minimum Gasteiger partial charge on any atom is -0.372 e. The van der Waals surface area contributed by atoms with Gasteiger partial charge in [0.15, 0.2) is 5.82 Å². The monoisotopic (exact) mass is 280 g/mol. The van der Waals surface area contributed by atoms with E-state index in [1.54, 1.807) is 28.9 Å². The van der Waals surface area contributed by atoms with Crippen molar-refractivity contribution in [2.45, 2.75) is 25.8 Å². The molecule has 110 valence electrons. The van der Waals surface area contributed by atoms with E-state index in [9.17, 15) is 9.59 Å². The van der Waals surface area contributed by atoms with E-state index >= 15 is 0 Å². The summed E-state index contributed by atoms with van der Waals surface area (Å²) >= 11 is 0. The number of nitrogens with one attached hydrogen (secondary N) is 1. The SMILES string of the molecule is CCOCC(=O)NC1CCCN(c2ccn(C)n2)C1=O. The Morgan fingerprint density at radius 1 is 1.60 bits per heavy atom. The van der Waals surface area contributed by atoms with Crippen LogP contribution in [0.3, 0.4) is 0 Å². The molecule has 1 aliphatic rings. The first kappa shape index (κ1) is 14.5. The van der Waals surface area contributed by atoms with Gasteiger partial charge >= 0.3 is 0 Å². The first-order valence-electron chi connectivity index (χ1n) is 6.80. The van der Waals surface area contributed by atoms with Gasteiger partial charge in [0.1, 0.15) is 12.6 Å². The van der Waals surface area contributed by atoms with Crippen LogP contribution in [0.1, 0.15) is 19.8 Å². The second kappa shape index (κ2) is 6.51. The lowest BCUT2D eigenvalue weighted by Crippen LogP contribution is -2.53. The summed E-state index contributed by atoms with van der Waals surface area (Å²) in [4.78, 5) is 25.6. The standard InChI is InChI=1S/C13H20N4O3/c1-3-20-9-12(18)14-10-5-4-7-17(13(10)19)11-6-8-16(2)15-11/h6,8,10H,3-5,7,9H2,1-2H3,(H,14,18). The Kier molecular flexibility index (Phi) is 4.73. The molecule has 1 N–H and O–H groups in total. The van der Waals surface area contributed by atoms with Gasteiger partial charge in [0, 0.05) is 32.5 Å². The number of hydrogen-bond donors (Lipinski definition) is 1. The van der Waals surface area contributed by atoms with Gasteiger partial charge in [0.2, 0.25) is 5.91 Å². The van der Waals surface area contributed by atoms with E-state index in [1.165, 1.54) is 0 Å². The molecular formula is C13H20N4O3. The summed E-state index contributed by atoms with van der Waals surface area (Å²) in [5, 5.41) is 6.95. The zero-order valence-corrected chi connectivity index (χ0v) is 11.8. The van der Waals surface area contributed by atoms with Crippen LogP contribution < -0.4 is 10.2 Å². The summed E-state index contributed by atoms with van der Waals surface area (Å²) in [6.07, 6.45) is 3.28. The number of anilines is 1. The highest BCUT2D eigenvalue weighted by atomic mass is 16.5. The Labute approximate surface area is 117 Å². The number of carbonyl (C=O) groups excluding carboxylic acids is 2. The molecule has 1 aromatic rings. The minimum atomic E-state index is -0.487. The van der Waals surface area contributed by atoms with Gasteiger partial charge in [-0.15, -0.1) is 0 Å². The van der Waals surface area contributed by atoms with Gasteiger partial charge < -0.3 is 10.1 Å². The molecule has 0 spiro atoms. The highest BCUT2D eigenvalue weighted by molar-refractivity contribution is 5.99. The molecule has 1 saturated heterocycles. The van der Waals surface area contributed by atoms with E-state index in [0.29, 0.717) is 25.4 Å². The molecule has 1 unspecified atom stereocenters. The molecule has 20 heavy (non-hydrogen) atoms. The number of carbonyl (C=O) groups is 2. The third-order valence-corrected chi connectivity index (χ3v) is 3.19. The van der Waals surface area contributed by atoms with Gasteiger partial charge in [-0.2, -0.15) is 5.10 Å². The van der Waals surface area contributed by atoms with Crippen LogP contribution in [0, 0.1) is 0 Å². The number of aryl methyl sites for hydroxylation is 1. The van der Waals surface area contributed by atoms with Crippen LogP contribution in [0.5, 0.6) is 0 Å². The van der Waals surface area contributed by atoms with Crippen LogP contribution in [0.15, 0.2) is 12.3 Å². The van der Waals surface area contributed by atoms with Crippen molar-refractivity contribution in [1.29, 1.82) is 0 Å². The summed E-state index contributed by atoms with van der Waals surface area (Å²) in [6, 6.07) is 1.31. The molecule has 2 amide bonds. The fraction of sp³-hybridized carbons (Fsp3) is 0.615. The molecule has 1 aliphatic heterocycles. The molecule has 1 fully saturated rings. The van der Waals surface area contributed by atoms with Gasteiger partial charge in [0.05, 0.1) is 0 Å². The molecule has 2 heterocycles. The number of amides is 2.